The lowest BCUT2D eigenvalue weighted by molar-refractivity contribution is 0.188. The summed E-state index contributed by atoms with van der Waals surface area (Å²) in [7, 11) is -13.1. The highest BCUT2D eigenvalue weighted by Gasteiger charge is 2.60. The average molecular weight is 558 g/mol. The molecular weight excluding hydrogens is 534 g/mol. The summed E-state index contributed by atoms with van der Waals surface area (Å²) in [5.74, 6) is 0. The molecule has 24 N–H and O–H groups in total. The van der Waals surface area contributed by atoms with Gasteiger partial charge in [-0.05, 0) is 0 Å². The minimum atomic E-state index is -4.71. The largest absolute Gasteiger partial charge is 0.956 e. The molecule has 2 aliphatic rings. The lowest BCUT2D eigenvalue weighted by atomic mass is 15.6. The molecule has 2 aliphatic heterocycles. The van der Waals surface area contributed by atoms with Crippen LogP contribution in [0.3, 0.4) is 0 Å². The third-order valence-corrected chi connectivity index (χ3v) is 10.6. The molecule has 0 saturated carbocycles. The van der Waals surface area contributed by atoms with Crippen molar-refractivity contribution < 1.29 is 110 Å². The number of hydrogen-bond donors (Lipinski definition) is 0. The SMILES string of the molecule is O.O.O.O.O.O.O.O.O.O.O.O.O=S1(=O)[O][Al]([O]S(=O)(=O)[O][Al]2[O]S(=O)(=O)[O]2)[O]1. The Balaban J connectivity index is -0.0000000300. The topological polar surface area (TPSA) is 536 Å². The van der Waals surface area contributed by atoms with E-state index in [4.69, 9.17) is 0 Å². The normalized spacial score (nSPS) is 15.3. The van der Waals surface area contributed by atoms with Crippen molar-refractivity contribution >= 4 is 61.5 Å². The first-order valence-corrected chi connectivity index (χ1v) is 10.2. The van der Waals surface area contributed by atoms with Gasteiger partial charge in [-0.2, -0.15) is 25.3 Å². The van der Waals surface area contributed by atoms with E-state index in [1.54, 1.807) is 0 Å². The highest BCUT2D eigenvalue weighted by atomic mass is 32.3. The fraction of sp³-hybridized carbons (Fsp3) is 0. The van der Waals surface area contributed by atoms with Crippen molar-refractivity contribution in [2.24, 2.45) is 0 Å². The molecule has 0 aliphatic carbocycles. The van der Waals surface area contributed by atoms with Gasteiger partial charge in [0.15, 0.2) is 0 Å². The van der Waals surface area contributed by atoms with Gasteiger partial charge in [0.1, 0.15) is 0 Å². The summed E-state index contributed by atoms with van der Waals surface area (Å²) in [6.07, 6.45) is 0. The van der Waals surface area contributed by atoms with Gasteiger partial charge in [-0.1, -0.05) is 0 Å². The van der Waals surface area contributed by atoms with Crippen molar-refractivity contribution in [3.63, 3.8) is 0 Å². The van der Waals surface area contributed by atoms with E-state index < -0.39 is 61.5 Å². The Morgan fingerprint density at radius 1 is 0.483 bits per heavy atom. The van der Waals surface area contributed by atoms with E-state index in [2.05, 4.69) is 19.4 Å². The molecule has 0 bridgehead atoms. The summed E-state index contributed by atoms with van der Waals surface area (Å²) in [6, 6.07) is 0. The Morgan fingerprint density at radius 3 is 0.793 bits per heavy atom. The lowest BCUT2D eigenvalue weighted by Crippen LogP contribution is -2.48. The standard InChI is InChI=1S/2Al.3H2O4S.12H2O/c;;3*1-5(2,3)4;;;;;;;;;;;;/h;;3*(H2,1,2,3,4);12*1H2/q2*+3;;;;;;;;;;;;;;;/p-6. The summed E-state index contributed by atoms with van der Waals surface area (Å²) in [4.78, 5) is 0. The molecule has 24 nitrogen and oxygen atoms in total. The van der Waals surface area contributed by atoms with Gasteiger partial charge in [0.25, 0.3) is 0 Å². The molecule has 2 heterocycles. The van der Waals surface area contributed by atoms with Gasteiger partial charge in [0.05, 0.1) is 0 Å². The number of rotatable bonds is 4. The Kier molecular flexibility index (Phi) is 55.3. The Hall–Kier alpha value is 0.195. The van der Waals surface area contributed by atoms with E-state index in [0.29, 0.717) is 0 Å². The molecule has 0 spiro atoms. The second kappa shape index (κ2) is 22.9. The third-order valence-electron chi connectivity index (χ3n) is 1.18. The van der Waals surface area contributed by atoms with E-state index >= 15 is 0 Å². The van der Waals surface area contributed by atoms with Gasteiger partial charge in [0, 0.05) is 0 Å². The fourth-order valence-electron chi connectivity index (χ4n) is 0.679. The van der Waals surface area contributed by atoms with E-state index in [1.807, 2.05) is 0 Å². The van der Waals surface area contributed by atoms with Crippen LogP contribution in [-0.4, -0.2) is 121 Å². The first kappa shape index (κ1) is 70.1. The third kappa shape index (κ3) is 21.2. The molecule has 0 amide bonds. The Bertz CT molecular complexity index is 537. The van der Waals surface area contributed by atoms with E-state index in [-0.39, 0.29) is 65.7 Å². The smallest absolute Gasteiger partial charge is 0.412 e. The molecule has 0 radical (unpaired) electrons. The van der Waals surface area contributed by atoms with Crippen molar-refractivity contribution in [2.75, 3.05) is 0 Å². The van der Waals surface area contributed by atoms with Gasteiger partial charge in [-0.15, -0.1) is 0 Å². The molecule has 29 heteroatoms. The summed E-state index contributed by atoms with van der Waals surface area (Å²) in [5, 5.41) is 0. The van der Waals surface area contributed by atoms with Gasteiger partial charge in [-0.3, -0.25) is 0 Å². The first-order chi connectivity index (χ1) is 7.57. The quantitative estimate of drug-likeness (QED) is 0.290. The van der Waals surface area contributed by atoms with E-state index in [0.717, 1.165) is 0 Å². The van der Waals surface area contributed by atoms with Crippen LogP contribution in [-0.2, 0) is 50.6 Å². The second-order valence-corrected chi connectivity index (χ2v) is 10.6. The summed E-state index contributed by atoms with van der Waals surface area (Å²) in [5.41, 5.74) is 0. The van der Waals surface area contributed by atoms with Crippen LogP contribution in [0.2, 0.25) is 0 Å². The Labute approximate surface area is 171 Å². The minimum absolute atomic E-state index is 0. The van der Waals surface area contributed by atoms with Crippen LogP contribution in [0.5, 0.6) is 0 Å². The molecule has 29 heavy (non-hydrogen) atoms. The predicted molar refractivity (Wildman–Crippen MR) is 88.1 cm³/mol. The highest BCUT2D eigenvalue weighted by Crippen LogP contribution is 2.21. The molecular formula is H24Al2O24S3. The molecule has 2 saturated heterocycles. The fourth-order valence-corrected chi connectivity index (χ4v) is 7.67. The monoisotopic (exact) mass is 558 g/mol. The molecule has 0 atom stereocenters. The van der Waals surface area contributed by atoms with Crippen molar-refractivity contribution in [2.45, 2.75) is 0 Å². The van der Waals surface area contributed by atoms with Crippen LogP contribution in [0.4, 0.5) is 0 Å². The maximum atomic E-state index is 11.0. The first-order valence-electron chi connectivity index (χ1n) is 3.41. The zero-order valence-electron chi connectivity index (χ0n) is 13.3. The van der Waals surface area contributed by atoms with Crippen LogP contribution in [0, 0.1) is 0 Å². The molecule has 2 fully saturated rings. The summed E-state index contributed by atoms with van der Waals surface area (Å²) < 4.78 is 87.1. The van der Waals surface area contributed by atoms with Crippen LogP contribution >= 0.6 is 0 Å². The second-order valence-electron chi connectivity index (χ2n) is 2.38. The van der Waals surface area contributed by atoms with Crippen molar-refractivity contribution in [3.8, 4) is 0 Å². The molecule has 0 aromatic rings. The van der Waals surface area contributed by atoms with E-state index in [9.17, 15) is 25.3 Å². The van der Waals surface area contributed by atoms with E-state index in [1.165, 1.54) is 0 Å². The van der Waals surface area contributed by atoms with Gasteiger partial charge >= 0.3 is 61.5 Å². The number of hydrogen-bond acceptors (Lipinski definition) is 12. The van der Waals surface area contributed by atoms with Crippen LogP contribution in [0.25, 0.3) is 0 Å². The van der Waals surface area contributed by atoms with Crippen molar-refractivity contribution in [1.29, 1.82) is 0 Å². The molecule has 0 unspecified atom stereocenters. The maximum absolute atomic E-state index is 11.0. The van der Waals surface area contributed by atoms with Gasteiger partial charge < -0.3 is 85.1 Å². The highest BCUT2D eigenvalue weighted by molar-refractivity contribution is 7.88. The molecule has 192 valence electrons. The van der Waals surface area contributed by atoms with Crippen molar-refractivity contribution in [3.05, 3.63) is 0 Å². The summed E-state index contributed by atoms with van der Waals surface area (Å²) >= 11 is -6.74. The molecule has 0 aromatic heterocycles. The zero-order chi connectivity index (χ0) is 12.9. The van der Waals surface area contributed by atoms with Crippen molar-refractivity contribution in [1.82, 2.24) is 0 Å². The average Bonchev–Trinajstić information content (AvgIpc) is 1.94. The lowest BCUT2D eigenvalue weighted by Gasteiger charge is -2.22. The minimum Gasteiger partial charge on any atom is -0.412 e. The van der Waals surface area contributed by atoms with Crippen LogP contribution in [0.15, 0.2) is 0 Å². The van der Waals surface area contributed by atoms with Gasteiger partial charge in [0.2, 0.25) is 0 Å². The zero-order valence-corrected chi connectivity index (χ0v) is 18.0. The van der Waals surface area contributed by atoms with Crippen LogP contribution in [0.1, 0.15) is 0 Å². The van der Waals surface area contributed by atoms with Crippen LogP contribution < -0.4 is 0 Å². The van der Waals surface area contributed by atoms with Gasteiger partial charge in [-0.25, -0.2) is 0 Å². The maximum Gasteiger partial charge on any atom is 0.956 e. The predicted octanol–water partition coefficient (Wildman–Crippen LogP) is -13.1. The Morgan fingerprint density at radius 2 is 0.655 bits per heavy atom. The summed E-state index contributed by atoms with van der Waals surface area (Å²) in [6.45, 7) is 0. The molecule has 2 rings (SSSR count). The molecule has 0 aromatic carbocycles.